The number of piperidine rings is 1. The molecule has 9 heteroatoms. The zero-order valence-corrected chi connectivity index (χ0v) is 14.5. The molecule has 0 aliphatic carbocycles. The predicted octanol–water partition coefficient (Wildman–Crippen LogP) is 2.73. The molecule has 1 aromatic heterocycles. The lowest BCUT2D eigenvalue weighted by Gasteiger charge is -2.24. The molecule has 0 spiro atoms. The molecule has 2 heterocycles. The molecule has 0 saturated carbocycles. The predicted molar refractivity (Wildman–Crippen MR) is 90.9 cm³/mol. The van der Waals surface area contributed by atoms with Crippen LogP contribution in [0, 0.1) is 0 Å². The summed E-state index contributed by atoms with van der Waals surface area (Å²) in [5, 5.41) is 5.16. The van der Waals surface area contributed by atoms with E-state index >= 15 is 0 Å². The molecule has 2 aromatic rings. The summed E-state index contributed by atoms with van der Waals surface area (Å²) in [6.07, 6.45) is 1.91. The van der Waals surface area contributed by atoms with Crippen LogP contribution >= 0.6 is 22.9 Å². The molecule has 124 valence electrons. The molecule has 0 atom stereocenters. The monoisotopic (exact) mass is 373 g/mol. The van der Waals surface area contributed by atoms with Crippen molar-refractivity contribution >= 4 is 38.8 Å². The van der Waals surface area contributed by atoms with Gasteiger partial charge in [0.2, 0.25) is 0 Å². The maximum Gasteiger partial charge on any atom is 0.263 e. The quantitative estimate of drug-likeness (QED) is 0.842. The molecule has 0 bridgehead atoms. The van der Waals surface area contributed by atoms with Crippen molar-refractivity contribution < 1.29 is 13.2 Å². The second kappa shape index (κ2) is 7.04. The van der Waals surface area contributed by atoms with Crippen molar-refractivity contribution in [2.75, 3.05) is 17.8 Å². The molecule has 23 heavy (non-hydrogen) atoms. The van der Waals surface area contributed by atoms with E-state index in [0.29, 0.717) is 11.6 Å². The normalized spacial score (nSPS) is 16.2. The Morgan fingerprint density at radius 1 is 1.35 bits per heavy atom. The second-order valence-electron chi connectivity index (χ2n) is 5.14. The Kier molecular flexibility index (Phi) is 5.05. The summed E-state index contributed by atoms with van der Waals surface area (Å²) in [5.74, 6) is 0.798. The van der Waals surface area contributed by atoms with E-state index in [2.05, 4.69) is 15.0 Å². The number of hydrogen-bond donors (Lipinski definition) is 2. The van der Waals surface area contributed by atoms with Crippen LogP contribution in [0.4, 0.5) is 5.82 Å². The van der Waals surface area contributed by atoms with Gasteiger partial charge in [-0.25, -0.2) is 13.4 Å². The van der Waals surface area contributed by atoms with Crippen molar-refractivity contribution in [2.45, 2.75) is 23.8 Å². The zero-order valence-electron chi connectivity index (χ0n) is 12.2. The third-order valence-electron chi connectivity index (χ3n) is 3.46. The summed E-state index contributed by atoms with van der Waals surface area (Å²) in [6.45, 7) is 1.82. The van der Waals surface area contributed by atoms with Gasteiger partial charge in [0, 0.05) is 5.38 Å². The molecule has 3 rings (SSSR count). The molecular formula is C14H16ClN3O3S2. The van der Waals surface area contributed by atoms with Crippen molar-refractivity contribution in [1.29, 1.82) is 0 Å². The molecule has 0 radical (unpaired) electrons. The fourth-order valence-corrected chi connectivity index (χ4v) is 4.17. The van der Waals surface area contributed by atoms with Crippen molar-refractivity contribution in [1.82, 2.24) is 10.3 Å². The standard InChI is InChI=1S/C14H16ClN3O3S2/c15-12-7-11(23(19,20)18-14-8-22-9-17-14)1-2-13(12)21-10-3-5-16-6-4-10/h1-2,7-10,16,18H,3-6H2. The Balaban J connectivity index is 1.75. The Labute approximate surface area is 143 Å². The molecule has 1 saturated heterocycles. The van der Waals surface area contributed by atoms with Crippen LogP contribution in [0.25, 0.3) is 0 Å². The first kappa shape index (κ1) is 16.5. The van der Waals surface area contributed by atoms with Gasteiger partial charge in [-0.1, -0.05) is 11.6 Å². The van der Waals surface area contributed by atoms with Crippen LogP contribution in [-0.4, -0.2) is 32.6 Å². The van der Waals surface area contributed by atoms with Gasteiger partial charge < -0.3 is 10.1 Å². The van der Waals surface area contributed by atoms with Crippen LogP contribution in [-0.2, 0) is 10.0 Å². The topological polar surface area (TPSA) is 80.3 Å². The van der Waals surface area contributed by atoms with Crippen LogP contribution in [0.2, 0.25) is 5.02 Å². The van der Waals surface area contributed by atoms with Gasteiger partial charge in [0.25, 0.3) is 10.0 Å². The third-order valence-corrected chi connectivity index (χ3v) is 5.70. The molecule has 2 N–H and O–H groups in total. The Morgan fingerprint density at radius 3 is 2.78 bits per heavy atom. The lowest BCUT2D eigenvalue weighted by atomic mass is 10.1. The minimum atomic E-state index is -3.71. The fourth-order valence-electron chi connectivity index (χ4n) is 2.30. The van der Waals surface area contributed by atoms with E-state index in [1.54, 1.807) is 17.0 Å². The number of nitrogens with zero attached hydrogens (tertiary/aromatic N) is 1. The summed E-state index contributed by atoms with van der Waals surface area (Å²) >= 11 is 7.50. The van der Waals surface area contributed by atoms with Gasteiger partial charge in [0.15, 0.2) is 5.82 Å². The number of nitrogens with one attached hydrogen (secondary N) is 2. The lowest BCUT2D eigenvalue weighted by Crippen LogP contribution is -2.34. The van der Waals surface area contributed by atoms with Gasteiger partial charge in [-0.3, -0.25) is 4.72 Å². The smallest absolute Gasteiger partial charge is 0.263 e. The Bertz CT molecular complexity index is 760. The molecule has 0 amide bonds. The lowest BCUT2D eigenvalue weighted by molar-refractivity contribution is 0.162. The number of sulfonamides is 1. The van der Waals surface area contributed by atoms with Gasteiger partial charge in [-0.2, -0.15) is 0 Å². The van der Waals surface area contributed by atoms with E-state index in [0.717, 1.165) is 25.9 Å². The highest BCUT2D eigenvalue weighted by Crippen LogP contribution is 2.30. The highest BCUT2D eigenvalue weighted by Gasteiger charge is 2.19. The summed E-state index contributed by atoms with van der Waals surface area (Å²) in [5.41, 5.74) is 1.56. The third kappa shape index (κ3) is 4.14. The summed E-state index contributed by atoms with van der Waals surface area (Å²) in [7, 11) is -3.71. The van der Waals surface area contributed by atoms with Crippen molar-refractivity contribution in [2.24, 2.45) is 0 Å². The van der Waals surface area contributed by atoms with Crippen LogP contribution in [0.5, 0.6) is 5.75 Å². The molecule has 1 aliphatic heterocycles. The summed E-state index contributed by atoms with van der Waals surface area (Å²) < 4.78 is 32.9. The fraction of sp³-hybridized carbons (Fsp3) is 0.357. The minimum Gasteiger partial charge on any atom is -0.489 e. The largest absolute Gasteiger partial charge is 0.489 e. The van der Waals surface area contributed by atoms with Crippen molar-refractivity contribution in [3.05, 3.63) is 34.1 Å². The maximum absolute atomic E-state index is 12.3. The first-order valence-corrected chi connectivity index (χ1v) is 9.93. The summed E-state index contributed by atoms with van der Waals surface area (Å²) in [6, 6.07) is 4.48. The summed E-state index contributed by atoms with van der Waals surface area (Å²) in [4.78, 5) is 3.99. The molecule has 1 fully saturated rings. The van der Waals surface area contributed by atoms with E-state index < -0.39 is 10.0 Å². The Hall–Kier alpha value is -1.35. The molecular weight excluding hydrogens is 358 g/mol. The number of hydrogen-bond acceptors (Lipinski definition) is 6. The van der Waals surface area contributed by atoms with Crippen LogP contribution < -0.4 is 14.8 Å². The maximum atomic E-state index is 12.3. The first-order chi connectivity index (χ1) is 11.0. The van der Waals surface area contributed by atoms with E-state index in [9.17, 15) is 8.42 Å². The van der Waals surface area contributed by atoms with E-state index in [4.69, 9.17) is 16.3 Å². The number of ether oxygens (including phenoxy) is 1. The first-order valence-electron chi connectivity index (χ1n) is 7.12. The highest BCUT2D eigenvalue weighted by molar-refractivity contribution is 7.92. The molecule has 0 unspecified atom stereocenters. The molecule has 1 aliphatic rings. The van der Waals surface area contributed by atoms with Crippen molar-refractivity contribution in [3.63, 3.8) is 0 Å². The highest BCUT2D eigenvalue weighted by atomic mass is 35.5. The number of aromatic nitrogens is 1. The van der Waals surface area contributed by atoms with Gasteiger partial charge in [-0.05, 0) is 44.1 Å². The van der Waals surface area contributed by atoms with E-state index in [1.165, 1.54) is 23.5 Å². The van der Waals surface area contributed by atoms with Crippen LogP contribution in [0.15, 0.2) is 34.0 Å². The number of anilines is 1. The average Bonchev–Trinajstić information content (AvgIpc) is 3.02. The van der Waals surface area contributed by atoms with Crippen LogP contribution in [0.1, 0.15) is 12.8 Å². The van der Waals surface area contributed by atoms with E-state index in [-0.39, 0.29) is 16.0 Å². The Morgan fingerprint density at radius 2 is 2.13 bits per heavy atom. The van der Waals surface area contributed by atoms with Crippen LogP contribution in [0.3, 0.4) is 0 Å². The van der Waals surface area contributed by atoms with Crippen molar-refractivity contribution in [3.8, 4) is 5.75 Å². The van der Waals surface area contributed by atoms with E-state index in [1.807, 2.05) is 0 Å². The number of thiazole rings is 1. The van der Waals surface area contributed by atoms with Gasteiger partial charge in [-0.15, -0.1) is 11.3 Å². The molecule has 1 aromatic carbocycles. The van der Waals surface area contributed by atoms with Gasteiger partial charge in [0.05, 0.1) is 15.4 Å². The average molecular weight is 374 g/mol. The SMILES string of the molecule is O=S(=O)(Nc1cscn1)c1ccc(OC2CCNCC2)c(Cl)c1. The minimum absolute atomic E-state index is 0.0770. The molecule has 6 nitrogen and oxygen atoms in total. The number of halogens is 1. The van der Waals surface area contributed by atoms with Gasteiger partial charge >= 0.3 is 0 Å². The number of benzene rings is 1. The van der Waals surface area contributed by atoms with Gasteiger partial charge in [0.1, 0.15) is 11.9 Å². The second-order valence-corrected chi connectivity index (χ2v) is 7.95. The zero-order chi connectivity index (χ0) is 16.3. The number of rotatable bonds is 5.